The summed E-state index contributed by atoms with van der Waals surface area (Å²) in [7, 11) is 0. The van der Waals surface area contributed by atoms with Gasteiger partial charge in [0, 0.05) is 16.6 Å². The lowest BCUT2D eigenvalue weighted by atomic mass is 10.1. The Morgan fingerprint density at radius 3 is 2.65 bits per heavy atom. The van der Waals surface area contributed by atoms with Crippen LogP contribution in [0.5, 0.6) is 0 Å². The number of hydrogen-bond acceptors (Lipinski definition) is 1. The normalized spacial score (nSPS) is 10.4. The van der Waals surface area contributed by atoms with Gasteiger partial charge in [-0.15, -0.1) is 0 Å². The quantitative estimate of drug-likeness (QED) is 0.868. The zero-order valence-corrected chi connectivity index (χ0v) is 12.4. The highest BCUT2D eigenvalue weighted by Gasteiger charge is 2.15. The van der Waals surface area contributed by atoms with Crippen molar-refractivity contribution in [3.63, 3.8) is 0 Å². The summed E-state index contributed by atoms with van der Waals surface area (Å²) in [6, 6.07) is 8.33. The molecule has 0 radical (unpaired) electrons. The summed E-state index contributed by atoms with van der Waals surface area (Å²) in [4.78, 5) is 11.9. The number of carbonyl (C=O) groups excluding carboxylic acids is 1. The monoisotopic (exact) mass is 359 g/mol. The standard InChI is InChI=1S/C14H9BrClF2NO/c15-9-4-5-11(17)8(6-9)7-19-14(20)13-10(16)2-1-3-12(13)18/h1-6H,7H2,(H,19,20). The summed E-state index contributed by atoms with van der Waals surface area (Å²) in [6.07, 6.45) is 0. The minimum Gasteiger partial charge on any atom is -0.348 e. The fraction of sp³-hybridized carbons (Fsp3) is 0.0714. The van der Waals surface area contributed by atoms with E-state index in [1.54, 1.807) is 12.1 Å². The first-order valence-electron chi connectivity index (χ1n) is 5.65. The molecule has 0 fully saturated rings. The molecule has 104 valence electrons. The maximum atomic E-state index is 13.5. The average molecular weight is 361 g/mol. The minimum absolute atomic E-state index is 0.0113. The van der Waals surface area contributed by atoms with E-state index in [9.17, 15) is 13.6 Å². The molecule has 0 bridgehead atoms. The highest BCUT2D eigenvalue weighted by atomic mass is 79.9. The summed E-state index contributed by atoms with van der Waals surface area (Å²) in [5.41, 5.74) is 0.0461. The van der Waals surface area contributed by atoms with Crippen LogP contribution in [0.1, 0.15) is 15.9 Å². The van der Waals surface area contributed by atoms with Crippen LogP contribution in [0.25, 0.3) is 0 Å². The van der Waals surface area contributed by atoms with Crippen LogP contribution in [0.2, 0.25) is 5.02 Å². The first kappa shape index (κ1) is 14.9. The van der Waals surface area contributed by atoms with Crippen LogP contribution in [0.15, 0.2) is 40.9 Å². The van der Waals surface area contributed by atoms with Gasteiger partial charge in [-0.05, 0) is 30.3 Å². The first-order valence-corrected chi connectivity index (χ1v) is 6.82. The SMILES string of the molecule is O=C(NCc1cc(Br)ccc1F)c1c(F)cccc1Cl. The van der Waals surface area contributed by atoms with Crippen LogP contribution < -0.4 is 5.32 Å². The molecule has 0 saturated carbocycles. The van der Waals surface area contributed by atoms with E-state index in [1.807, 2.05) is 0 Å². The number of nitrogens with one attached hydrogen (secondary N) is 1. The fourth-order valence-corrected chi connectivity index (χ4v) is 2.31. The summed E-state index contributed by atoms with van der Waals surface area (Å²) in [5.74, 6) is -1.86. The highest BCUT2D eigenvalue weighted by molar-refractivity contribution is 9.10. The summed E-state index contributed by atoms with van der Waals surface area (Å²) in [6.45, 7) is -0.0607. The van der Waals surface area contributed by atoms with E-state index in [4.69, 9.17) is 11.6 Å². The Hall–Kier alpha value is -1.46. The molecule has 0 atom stereocenters. The lowest BCUT2D eigenvalue weighted by Crippen LogP contribution is -2.24. The van der Waals surface area contributed by atoms with Crippen molar-refractivity contribution in [3.05, 3.63) is 68.7 Å². The number of halogens is 4. The Morgan fingerprint density at radius 2 is 1.95 bits per heavy atom. The van der Waals surface area contributed by atoms with Gasteiger partial charge in [-0.2, -0.15) is 0 Å². The third-order valence-corrected chi connectivity index (χ3v) is 3.45. The van der Waals surface area contributed by atoms with Crippen molar-refractivity contribution in [2.75, 3.05) is 0 Å². The third-order valence-electron chi connectivity index (χ3n) is 2.64. The van der Waals surface area contributed by atoms with Crippen molar-refractivity contribution in [2.45, 2.75) is 6.54 Å². The van der Waals surface area contributed by atoms with Crippen molar-refractivity contribution in [1.29, 1.82) is 0 Å². The van der Waals surface area contributed by atoms with Gasteiger partial charge in [-0.1, -0.05) is 33.6 Å². The van der Waals surface area contributed by atoms with E-state index in [0.29, 0.717) is 10.0 Å². The largest absolute Gasteiger partial charge is 0.348 e. The number of benzene rings is 2. The molecule has 0 aliphatic rings. The first-order chi connectivity index (χ1) is 9.49. The fourth-order valence-electron chi connectivity index (χ4n) is 1.66. The van der Waals surface area contributed by atoms with Gasteiger partial charge in [0.15, 0.2) is 0 Å². The van der Waals surface area contributed by atoms with Crippen molar-refractivity contribution < 1.29 is 13.6 Å². The van der Waals surface area contributed by atoms with E-state index >= 15 is 0 Å². The van der Waals surface area contributed by atoms with E-state index in [-0.39, 0.29) is 17.1 Å². The molecule has 1 N–H and O–H groups in total. The predicted molar refractivity (Wildman–Crippen MR) is 76.7 cm³/mol. The number of amides is 1. The topological polar surface area (TPSA) is 29.1 Å². The second kappa shape index (κ2) is 6.33. The summed E-state index contributed by atoms with van der Waals surface area (Å²) in [5, 5.41) is 2.45. The van der Waals surface area contributed by atoms with Crippen molar-refractivity contribution in [1.82, 2.24) is 5.32 Å². The maximum absolute atomic E-state index is 13.5. The molecule has 0 aliphatic heterocycles. The smallest absolute Gasteiger partial charge is 0.256 e. The Balaban J connectivity index is 2.15. The summed E-state index contributed by atoms with van der Waals surface area (Å²) < 4.78 is 27.7. The van der Waals surface area contributed by atoms with Gasteiger partial charge in [-0.25, -0.2) is 8.78 Å². The van der Waals surface area contributed by atoms with E-state index < -0.39 is 17.5 Å². The van der Waals surface area contributed by atoms with Gasteiger partial charge in [-0.3, -0.25) is 4.79 Å². The van der Waals surface area contributed by atoms with E-state index in [1.165, 1.54) is 18.2 Å². The molecular formula is C14H9BrClF2NO. The molecule has 2 rings (SSSR count). The molecule has 0 spiro atoms. The number of hydrogen-bond donors (Lipinski definition) is 1. The highest BCUT2D eigenvalue weighted by Crippen LogP contribution is 2.19. The van der Waals surface area contributed by atoms with Crippen molar-refractivity contribution in [2.24, 2.45) is 0 Å². The zero-order chi connectivity index (χ0) is 14.7. The molecular weight excluding hydrogens is 352 g/mol. The molecule has 0 unspecified atom stereocenters. The van der Waals surface area contributed by atoms with Crippen LogP contribution in [-0.2, 0) is 6.54 Å². The molecule has 0 aliphatic carbocycles. The lowest BCUT2D eigenvalue weighted by Gasteiger charge is -2.08. The molecule has 6 heteroatoms. The van der Waals surface area contributed by atoms with Crippen LogP contribution in [-0.4, -0.2) is 5.91 Å². The second-order valence-electron chi connectivity index (χ2n) is 4.02. The molecule has 0 heterocycles. The Kier molecular flexibility index (Phi) is 4.73. The predicted octanol–water partition coefficient (Wildman–Crippen LogP) is 4.31. The molecule has 0 saturated heterocycles. The number of carbonyl (C=O) groups is 1. The van der Waals surface area contributed by atoms with Gasteiger partial charge < -0.3 is 5.32 Å². The Morgan fingerprint density at radius 1 is 1.20 bits per heavy atom. The minimum atomic E-state index is -0.718. The van der Waals surface area contributed by atoms with Crippen LogP contribution in [0.4, 0.5) is 8.78 Å². The van der Waals surface area contributed by atoms with Gasteiger partial charge in [0.05, 0.1) is 10.6 Å². The molecule has 1 amide bonds. The molecule has 0 aromatic heterocycles. The van der Waals surface area contributed by atoms with Gasteiger partial charge >= 0.3 is 0 Å². The molecule has 2 nitrogen and oxygen atoms in total. The van der Waals surface area contributed by atoms with Gasteiger partial charge in [0.25, 0.3) is 5.91 Å². The Labute approximate surface area is 127 Å². The van der Waals surface area contributed by atoms with Crippen LogP contribution >= 0.6 is 27.5 Å². The van der Waals surface area contributed by atoms with Crippen molar-refractivity contribution in [3.8, 4) is 0 Å². The molecule has 20 heavy (non-hydrogen) atoms. The molecule has 2 aromatic rings. The second-order valence-corrected chi connectivity index (χ2v) is 5.34. The third kappa shape index (κ3) is 3.35. The van der Waals surface area contributed by atoms with Crippen LogP contribution in [0.3, 0.4) is 0 Å². The number of rotatable bonds is 3. The molecule has 2 aromatic carbocycles. The van der Waals surface area contributed by atoms with Crippen LogP contribution in [0, 0.1) is 11.6 Å². The van der Waals surface area contributed by atoms with Gasteiger partial charge in [0.2, 0.25) is 0 Å². The average Bonchev–Trinajstić information content (AvgIpc) is 2.39. The van der Waals surface area contributed by atoms with E-state index in [0.717, 1.165) is 6.07 Å². The van der Waals surface area contributed by atoms with E-state index in [2.05, 4.69) is 21.2 Å². The van der Waals surface area contributed by atoms with Crippen molar-refractivity contribution >= 4 is 33.4 Å². The van der Waals surface area contributed by atoms with Gasteiger partial charge in [0.1, 0.15) is 11.6 Å². The zero-order valence-electron chi connectivity index (χ0n) is 10.1. The summed E-state index contributed by atoms with van der Waals surface area (Å²) >= 11 is 8.99. The maximum Gasteiger partial charge on any atom is 0.256 e. The Bertz CT molecular complexity index is 643. The lowest BCUT2D eigenvalue weighted by molar-refractivity contribution is 0.0946.